The van der Waals surface area contributed by atoms with Crippen molar-refractivity contribution >= 4 is 7.82 Å². The van der Waals surface area contributed by atoms with Crippen molar-refractivity contribution in [3.63, 3.8) is 0 Å². The minimum atomic E-state index is -3.94. The average Bonchev–Trinajstić information content (AvgIpc) is 3.00. The molecule has 5 atom stereocenters. The summed E-state index contributed by atoms with van der Waals surface area (Å²) in [5.41, 5.74) is -1.33. The van der Waals surface area contributed by atoms with Gasteiger partial charge in [-0.15, -0.1) is 0 Å². The summed E-state index contributed by atoms with van der Waals surface area (Å²) in [6.45, 7) is -1.10. The number of aromatic nitrogens is 2. The molecule has 0 aromatic carbocycles. The van der Waals surface area contributed by atoms with Gasteiger partial charge < -0.3 is 14.9 Å². The largest absolute Gasteiger partial charge is 0.475 e. The van der Waals surface area contributed by atoms with E-state index in [1.165, 1.54) is 6.20 Å². The molecule has 0 saturated carbocycles. The maximum Gasteiger partial charge on any atom is 0.475 e. The number of phosphoric ester groups is 1. The molecule has 128 valence electrons. The van der Waals surface area contributed by atoms with E-state index in [1.807, 2.05) is 0 Å². The zero-order valence-corrected chi connectivity index (χ0v) is 12.6. The lowest BCUT2D eigenvalue weighted by atomic mass is 10.1. The summed E-state index contributed by atoms with van der Waals surface area (Å²) >= 11 is 0. The summed E-state index contributed by atoms with van der Waals surface area (Å²) in [6.07, 6.45) is -2.66. The van der Waals surface area contributed by atoms with Crippen LogP contribution in [0.2, 0.25) is 0 Å². The van der Waals surface area contributed by atoms with Crippen molar-refractivity contribution in [3.8, 4) is 0 Å². The number of fused-ring (bicyclic) bond motifs is 1. The van der Waals surface area contributed by atoms with Gasteiger partial charge in [0, 0.05) is 12.3 Å². The quantitative estimate of drug-likeness (QED) is 0.530. The van der Waals surface area contributed by atoms with Gasteiger partial charge in [0.2, 0.25) is 0 Å². The highest BCUT2D eigenvalue weighted by atomic mass is 31.2. The van der Waals surface area contributed by atoms with Crippen LogP contribution in [0.1, 0.15) is 6.23 Å². The predicted molar refractivity (Wildman–Crippen MR) is 72.7 cm³/mol. The van der Waals surface area contributed by atoms with Gasteiger partial charge in [-0.05, 0) is 0 Å². The molecule has 12 heteroatoms. The predicted octanol–water partition coefficient (Wildman–Crippen LogP) is -1.67. The molecular weight excluding hydrogens is 335 g/mol. The minimum absolute atomic E-state index is 0.259. The Labute approximate surface area is 129 Å². The van der Waals surface area contributed by atoms with Gasteiger partial charge in [-0.1, -0.05) is 0 Å². The van der Waals surface area contributed by atoms with Gasteiger partial charge in [0.15, 0.2) is 6.23 Å². The van der Waals surface area contributed by atoms with E-state index in [0.717, 1.165) is 10.6 Å². The lowest BCUT2D eigenvalue weighted by Crippen LogP contribution is -2.36. The van der Waals surface area contributed by atoms with Crippen molar-refractivity contribution in [1.29, 1.82) is 0 Å². The second-order valence-corrected chi connectivity index (χ2v) is 6.48. The van der Waals surface area contributed by atoms with Crippen LogP contribution in [0.25, 0.3) is 0 Å². The normalized spacial score (nSPS) is 36.3. The fourth-order valence-electron chi connectivity index (χ4n) is 2.48. The molecule has 0 radical (unpaired) electrons. The van der Waals surface area contributed by atoms with Crippen LogP contribution in [0.15, 0.2) is 21.9 Å². The van der Waals surface area contributed by atoms with Crippen molar-refractivity contribution in [2.75, 3.05) is 19.8 Å². The maximum atomic E-state index is 12.3. The Hall–Kier alpha value is -1.33. The van der Waals surface area contributed by atoms with Gasteiger partial charge in [-0.3, -0.25) is 27.9 Å². The molecule has 3 N–H and O–H groups in total. The molecule has 1 aromatic rings. The van der Waals surface area contributed by atoms with Crippen LogP contribution < -0.4 is 11.2 Å². The lowest BCUT2D eigenvalue weighted by Gasteiger charge is -2.20. The standard InChI is InChI=1S/C11H15N2O9P/c14-3-4-19-23(18)21-8-6(5-15)20-10(9(8)22-23)13-2-1-7(16)12-11(13)17/h1-2,6,8-10,14-15H,3-5H2,(H,12,16,17). The third-order valence-electron chi connectivity index (χ3n) is 3.43. The third kappa shape index (κ3) is 3.04. The molecule has 5 unspecified atom stereocenters. The highest BCUT2D eigenvalue weighted by Gasteiger charge is 2.58. The third-order valence-corrected chi connectivity index (χ3v) is 4.94. The second-order valence-electron chi connectivity index (χ2n) is 4.91. The summed E-state index contributed by atoms with van der Waals surface area (Å²) in [5.74, 6) is 0. The van der Waals surface area contributed by atoms with Crippen molar-refractivity contribution in [2.45, 2.75) is 24.5 Å². The van der Waals surface area contributed by atoms with Gasteiger partial charge in [-0.2, -0.15) is 0 Å². The fraction of sp³-hybridized carbons (Fsp3) is 0.636. The van der Waals surface area contributed by atoms with Gasteiger partial charge in [0.05, 0.1) is 19.8 Å². The van der Waals surface area contributed by atoms with Crippen LogP contribution in [0, 0.1) is 0 Å². The number of aromatic amines is 1. The van der Waals surface area contributed by atoms with E-state index in [2.05, 4.69) is 4.98 Å². The van der Waals surface area contributed by atoms with Crippen LogP contribution in [0.3, 0.4) is 0 Å². The number of nitrogens with one attached hydrogen (secondary N) is 1. The van der Waals surface area contributed by atoms with Crippen molar-refractivity contribution in [2.24, 2.45) is 0 Å². The van der Waals surface area contributed by atoms with Crippen LogP contribution >= 0.6 is 7.82 Å². The number of hydrogen-bond acceptors (Lipinski definition) is 9. The average molecular weight is 350 g/mol. The molecule has 3 heterocycles. The molecule has 2 aliphatic heterocycles. The monoisotopic (exact) mass is 350 g/mol. The second kappa shape index (κ2) is 6.29. The van der Waals surface area contributed by atoms with Crippen LogP contribution in [0.5, 0.6) is 0 Å². The Morgan fingerprint density at radius 3 is 2.70 bits per heavy atom. The van der Waals surface area contributed by atoms with Crippen LogP contribution in [-0.2, 0) is 22.9 Å². The van der Waals surface area contributed by atoms with Crippen LogP contribution in [0.4, 0.5) is 0 Å². The zero-order valence-electron chi connectivity index (χ0n) is 11.7. The molecule has 11 nitrogen and oxygen atoms in total. The highest BCUT2D eigenvalue weighted by molar-refractivity contribution is 7.48. The highest BCUT2D eigenvalue weighted by Crippen LogP contribution is 2.61. The molecule has 0 spiro atoms. The Morgan fingerprint density at radius 1 is 1.30 bits per heavy atom. The topological polar surface area (TPSA) is 149 Å². The fourth-order valence-corrected chi connectivity index (χ4v) is 4.04. The molecular formula is C11H15N2O9P. The first-order valence-corrected chi connectivity index (χ1v) is 8.23. The zero-order chi connectivity index (χ0) is 16.6. The maximum absolute atomic E-state index is 12.3. The summed E-state index contributed by atoms with van der Waals surface area (Å²) < 4.78 is 34.2. The summed E-state index contributed by atoms with van der Waals surface area (Å²) in [5, 5.41) is 18.1. The van der Waals surface area contributed by atoms with Crippen molar-refractivity contribution in [3.05, 3.63) is 33.1 Å². The molecule has 2 saturated heterocycles. The Kier molecular flexibility index (Phi) is 4.52. The molecule has 0 amide bonds. The van der Waals surface area contributed by atoms with Gasteiger partial charge in [-0.25, -0.2) is 9.36 Å². The van der Waals surface area contributed by atoms with E-state index in [0.29, 0.717) is 0 Å². The van der Waals surface area contributed by atoms with E-state index in [9.17, 15) is 19.3 Å². The number of ether oxygens (including phenoxy) is 1. The number of hydrogen-bond donors (Lipinski definition) is 3. The first kappa shape index (κ1) is 16.5. The Balaban J connectivity index is 1.90. The van der Waals surface area contributed by atoms with Gasteiger partial charge in [0.1, 0.15) is 18.3 Å². The smallest absolute Gasteiger partial charge is 0.394 e. The number of nitrogens with zero attached hydrogens (tertiary/aromatic N) is 1. The molecule has 0 bridgehead atoms. The Bertz CT molecular complexity index is 731. The van der Waals surface area contributed by atoms with E-state index in [4.69, 9.17) is 23.4 Å². The summed E-state index contributed by atoms with van der Waals surface area (Å²) in [4.78, 5) is 25.1. The van der Waals surface area contributed by atoms with Gasteiger partial charge in [0.25, 0.3) is 5.56 Å². The first-order valence-electron chi connectivity index (χ1n) is 6.77. The first-order chi connectivity index (χ1) is 11.0. The van der Waals surface area contributed by atoms with E-state index < -0.39 is 50.2 Å². The number of H-pyrrole nitrogens is 1. The summed E-state index contributed by atoms with van der Waals surface area (Å²) in [7, 11) is -3.94. The van der Waals surface area contributed by atoms with Gasteiger partial charge >= 0.3 is 13.5 Å². The van der Waals surface area contributed by atoms with E-state index in [-0.39, 0.29) is 13.2 Å². The molecule has 3 rings (SSSR count). The van der Waals surface area contributed by atoms with E-state index >= 15 is 0 Å². The molecule has 2 aliphatic rings. The molecule has 0 aliphatic carbocycles. The van der Waals surface area contributed by atoms with E-state index in [1.54, 1.807) is 0 Å². The molecule has 1 aromatic heterocycles. The Morgan fingerprint density at radius 2 is 2.04 bits per heavy atom. The number of aliphatic hydroxyl groups is 2. The van der Waals surface area contributed by atoms with Crippen molar-refractivity contribution < 1.29 is 33.1 Å². The molecule has 23 heavy (non-hydrogen) atoms. The number of rotatable bonds is 5. The van der Waals surface area contributed by atoms with Crippen molar-refractivity contribution in [1.82, 2.24) is 9.55 Å². The lowest BCUT2D eigenvalue weighted by molar-refractivity contribution is -0.0643. The number of aliphatic hydroxyl groups excluding tert-OH is 2. The number of phosphoric acid groups is 1. The minimum Gasteiger partial charge on any atom is -0.394 e. The summed E-state index contributed by atoms with van der Waals surface area (Å²) in [6, 6.07) is 1.11. The molecule has 2 fully saturated rings. The SMILES string of the molecule is O=c1ccn(C2OC(CO)C3OP(=O)(OCCO)OC32)c(=O)[nH]1. The van der Waals surface area contributed by atoms with Crippen LogP contribution in [-0.4, -0.2) is 57.9 Å².